The number of pyridine rings is 1. The molecule has 3 rings (SSSR count). The van der Waals surface area contributed by atoms with Gasteiger partial charge in [0.05, 0.1) is 5.92 Å². The molecule has 130 valence electrons. The molecule has 1 aromatic carbocycles. The highest BCUT2D eigenvalue weighted by Gasteiger charge is 2.35. The van der Waals surface area contributed by atoms with Gasteiger partial charge in [-0.2, -0.15) is 0 Å². The van der Waals surface area contributed by atoms with E-state index in [1.165, 1.54) is 0 Å². The number of carbonyl (C=O) groups excluding carboxylic acids is 2. The zero-order chi connectivity index (χ0) is 17.8. The Hall–Kier alpha value is -2.69. The predicted octanol–water partition coefficient (Wildman–Crippen LogP) is 2.62. The van der Waals surface area contributed by atoms with Crippen molar-refractivity contribution in [2.24, 2.45) is 0 Å². The van der Waals surface area contributed by atoms with Gasteiger partial charge in [-0.1, -0.05) is 18.2 Å². The minimum atomic E-state index is -0.391. The molecule has 1 aliphatic rings. The molecule has 5 nitrogen and oxygen atoms in total. The van der Waals surface area contributed by atoms with Crippen LogP contribution in [0.1, 0.15) is 30.4 Å². The summed E-state index contributed by atoms with van der Waals surface area (Å²) in [5.74, 6) is -0.370. The number of fused-ring (bicyclic) bond motifs is 1. The van der Waals surface area contributed by atoms with Crippen molar-refractivity contribution < 1.29 is 9.59 Å². The van der Waals surface area contributed by atoms with Gasteiger partial charge in [0, 0.05) is 44.6 Å². The molecule has 5 heteroatoms. The largest absolute Gasteiger partial charge is 0.342 e. The van der Waals surface area contributed by atoms with E-state index in [0.717, 1.165) is 23.2 Å². The Bertz CT molecular complexity index is 761. The Morgan fingerprint density at radius 2 is 1.96 bits per heavy atom. The van der Waals surface area contributed by atoms with Gasteiger partial charge in [-0.15, -0.1) is 0 Å². The maximum absolute atomic E-state index is 13.1. The fourth-order valence-electron chi connectivity index (χ4n) is 3.32. The molecule has 1 aliphatic heterocycles. The monoisotopic (exact) mass is 337 g/mol. The Morgan fingerprint density at radius 1 is 1.24 bits per heavy atom. The van der Waals surface area contributed by atoms with E-state index in [4.69, 9.17) is 0 Å². The van der Waals surface area contributed by atoms with Gasteiger partial charge < -0.3 is 9.80 Å². The number of benzene rings is 1. The second kappa shape index (κ2) is 7.47. The van der Waals surface area contributed by atoms with Crippen molar-refractivity contribution in [2.45, 2.75) is 25.7 Å². The average Bonchev–Trinajstić information content (AvgIpc) is 2.66. The van der Waals surface area contributed by atoms with Crippen molar-refractivity contribution >= 4 is 17.5 Å². The van der Waals surface area contributed by atoms with Gasteiger partial charge in [0.1, 0.15) is 0 Å². The summed E-state index contributed by atoms with van der Waals surface area (Å²) in [7, 11) is 1.77. The van der Waals surface area contributed by atoms with Crippen molar-refractivity contribution in [3.63, 3.8) is 0 Å². The van der Waals surface area contributed by atoms with Crippen LogP contribution < -0.4 is 4.90 Å². The molecular formula is C20H23N3O2. The van der Waals surface area contributed by atoms with Crippen molar-refractivity contribution in [3.05, 3.63) is 59.9 Å². The SMILES string of the molecule is CCN(CCc1ccncc1)C(=O)C1CC(=O)N(C)c2ccccc21. The summed E-state index contributed by atoms with van der Waals surface area (Å²) >= 11 is 0. The summed E-state index contributed by atoms with van der Waals surface area (Å²) in [6.07, 6.45) is 4.54. The molecule has 2 heterocycles. The normalized spacial score (nSPS) is 16.5. The standard InChI is InChI=1S/C20H23N3O2/c1-3-23(13-10-15-8-11-21-12-9-15)20(25)17-14-19(24)22(2)18-7-5-4-6-16(17)18/h4-9,11-12,17H,3,10,13-14H2,1-2H3. The first kappa shape index (κ1) is 17.1. The molecule has 0 bridgehead atoms. The second-order valence-corrected chi connectivity index (χ2v) is 6.29. The van der Waals surface area contributed by atoms with Gasteiger partial charge in [-0.25, -0.2) is 0 Å². The first-order valence-corrected chi connectivity index (χ1v) is 8.65. The number of amides is 2. The summed E-state index contributed by atoms with van der Waals surface area (Å²) in [4.78, 5) is 32.9. The van der Waals surface area contributed by atoms with E-state index in [9.17, 15) is 9.59 Å². The van der Waals surface area contributed by atoms with E-state index in [1.54, 1.807) is 24.3 Å². The number of aromatic nitrogens is 1. The van der Waals surface area contributed by atoms with E-state index < -0.39 is 5.92 Å². The molecular weight excluding hydrogens is 314 g/mol. The number of hydrogen-bond donors (Lipinski definition) is 0. The summed E-state index contributed by atoms with van der Waals surface area (Å²) in [5.41, 5.74) is 2.93. The topological polar surface area (TPSA) is 53.5 Å². The number of anilines is 1. The lowest BCUT2D eigenvalue weighted by molar-refractivity contribution is -0.135. The molecule has 0 fully saturated rings. The van der Waals surface area contributed by atoms with Crippen LogP contribution >= 0.6 is 0 Å². The average molecular weight is 337 g/mol. The lowest BCUT2D eigenvalue weighted by Gasteiger charge is -2.33. The van der Waals surface area contributed by atoms with Gasteiger partial charge in [0.15, 0.2) is 0 Å². The predicted molar refractivity (Wildman–Crippen MR) is 97.4 cm³/mol. The van der Waals surface area contributed by atoms with Gasteiger partial charge in [0.25, 0.3) is 0 Å². The summed E-state index contributed by atoms with van der Waals surface area (Å²) < 4.78 is 0. The summed E-state index contributed by atoms with van der Waals surface area (Å²) in [5, 5.41) is 0. The van der Waals surface area contributed by atoms with E-state index >= 15 is 0 Å². The molecule has 0 spiro atoms. The van der Waals surface area contributed by atoms with E-state index in [0.29, 0.717) is 13.1 Å². The Balaban J connectivity index is 1.78. The molecule has 0 N–H and O–H groups in total. The van der Waals surface area contributed by atoms with Gasteiger partial charge >= 0.3 is 0 Å². The molecule has 0 aliphatic carbocycles. The van der Waals surface area contributed by atoms with Crippen molar-refractivity contribution in [1.82, 2.24) is 9.88 Å². The zero-order valence-corrected chi connectivity index (χ0v) is 14.7. The highest BCUT2D eigenvalue weighted by Crippen LogP contribution is 2.36. The third-order valence-corrected chi connectivity index (χ3v) is 4.84. The second-order valence-electron chi connectivity index (χ2n) is 6.29. The molecule has 0 radical (unpaired) electrons. The van der Waals surface area contributed by atoms with Crippen LogP contribution in [0.3, 0.4) is 0 Å². The van der Waals surface area contributed by atoms with Crippen LogP contribution in [-0.2, 0) is 16.0 Å². The number of rotatable bonds is 5. The van der Waals surface area contributed by atoms with E-state index in [-0.39, 0.29) is 18.2 Å². The van der Waals surface area contributed by atoms with Crippen LogP contribution in [0, 0.1) is 0 Å². The molecule has 1 aromatic heterocycles. The molecule has 0 saturated carbocycles. The number of hydrogen-bond acceptors (Lipinski definition) is 3. The van der Waals surface area contributed by atoms with Crippen LogP contribution in [0.25, 0.3) is 0 Å². The molecule has 0 saturated heterocycles. The fourth-order valence-corrected chi connectivity index (χ4v) is 3.32. The maximum atomic E-state index is 13.1. The van der Waals surface area contributed by atoms with Crippen LogP contribution in [-0.4, -0.2) is 41.8 Å². The minimum absolute atomic E-state index is 0.0118. The maximum Gasteiger partial charge on any atom is 0.230 e. The molecule has 25 heavy (non-hydrogen) atoms. The smallest absolute Gasteiger partial charge is 0.230 e. The number of likely N-dealkylation sites (N-methyl/N-ethyl adjacent to an activating group) is 1. The van der Waals surface area contributed by atoms with Crippen molar-refractivity contribution in [2.75, 3.05) is 25.0 Å². The van der Waals surface area contributed by atoms with Gasteiger partial charge in [-0.3, -0.25) is 14.6 Å². The molecule has 2 amide bonds. The number of para-hydroxylation sites is 1. The number of nitrogens with zero attached hydrogens (tertiary/aromatic N) is 3. The first-order chi connectivity index (χ1) is 12.1. The summed E-state index contributed by atoms with van der Waals surface area (Å²) in [6.45, 7) is 3.25. The summed E-state index contributed by atoms with van der Waals surface area (Å²) in [6, 6.07) is 11.6. The Kier molecular flexibility index (Phi) is 5.12. The minimum Gasteiger partial charge on any atom is -0.342 e. The van der Waals surface area contributed by atoms with E-state index in [1.807, 2.05) is 48.2 Å². The fraction of sp³-hybridized carbons (Fsp3) is 0.350. The van der Waals surface area contributed by atoms with Gasteiger partial charge in [-0.05, 0) is 42.7 Å². The quantitative estimate of drug-likeness (QED) is 0.843. The lowest BCUT2D eigenvalue weighted by Crippen LogP contribution is -2.42. The third kappa shape index (κ3) is 3.55. The highest BCUT2D eigenvalue weighted by molar-refractivity contribution is 6.02. The first-order valence-electron chi connectivity index (χ1n) is 8.65. The Labute approximate surface area is 148 Å². The van der Waals surface area contributed by atoms with Crippen LogP contribution in [0.4, 0.5) is 5.69 Å². The molecule has 2 aromatic rings. The molecule has 1 atom stereocenters. The lowest BCUT2D eigenvalue weighted by atomic mass is 9.88. The third-order valence-electron chi connectivity index (χ3n) is 4.84. The van der Waals surface area contributed by atoms with Crippen molar-refractivity contribution in [1.29, 1.82) is 0 Å². The Morgan fingerprint density at radius 3 is 2.68 bits per heavy atom. The van der Waals surface area contributed by atoms with Gasteiger partial charge in [0.2, 0.25) is 11.8 Å². The van der Waals surface area contributed by atoms with Crippen LogP contribution in [0.5, 0.6) is 0 Å². The van der Waals surface area contributed by atoms with E-state index in [2.05, 4.69) is 4.98 Å². The molecule has 1 unspecified atom stereocenters. The van der Waals surface area contributed by atoms with Crippen LogP contribution in [0.15, 0.2) is 48.8 Å². The number of carbonyl (C=O) groups is 2. The van der Waals surface area contributed by atoms with Crippen LogP contribution in [0.2, 0.25) is 0 Å². The highest BCUT2D eigenvalue weighted by atomic mass is 16.2. The zero-order valence-electron chi connectivity index (χ0n) is 14.7. The van der Waals surface area contributed by atoms with Crippen molar-refractivity contribution in [3.8, 4) is 0 Å².